The molecule has 0 atom stereocenters. The van der Waals surface area contributed by atoms with Gasteiger partial charge in [0.2, 0.25) is 0 Å². The minimum Gasteiger partial charge on any atom is -0.497 e. The molecule has 6 nitrogen and oxygen atoms in total. The number of anilines is 1. The molecule has 24 heavy (non-hydrogen) atoms. The van der Waals surface area contributed by atoms with Crippen LogP contribution in [0, 0.1) is 0 Å². The van der Waals surface area contributed by atoms with Crippen molar-refractivity contribution < 1.29 is 14.3 Å². The van der Waals surface area contributed by atoms with Crippen LogP contribution in [0.15, 0.2) is 29.1 Å². The number of benzene rings is 1. The average molecular weight is 328 g/mol. The predicted molar refractivity (Wildman–Crippen MR) is 91.2 cm³/mol. The maximum atomic E-state index is 12.5. The molecule has 3 rings (SSSR count). The molecular formula is C18H20N2O4. The van der Waals surface area contributed by atoms with Crippen LogP contribution in [0.4, 0.5) is 5.69 Å². The summed E-state index contributed by atoms with van der Waals surface area (Å²) in [5, 5.41) is 2.74. The Morgan fingerprint density at radius 1 is 1.12 bits per heavy atom. The molecule has 2 N–H and O–H groups in total. The van der Waals surface area contributed by atoms with Gasteiger partial charge in [-0.05, 0) is 49.4 Å². The molecule has 1 heterocycles. The minimum atomic E-state index is -0.451. The van der Waals surface area contributed by atoms with E-state index < -0.39 is 5.91 Å². The fourth-order valence-electron chi connectivity index (χ4n) is 2.93. The first-order valence-electron chi connectivity index (χ1n) is 7.91. The number of amides is 1. The number of nitrogens with one attached hydrogen (secondary N) is 2. The molecule has 1 aromatic heterocycles. The van der Waals surface area contributed by atoms with Crippen molar-refractivity contribution in [2.24, 2.45) is 0 Å². The van der Waals surface area contributed by atoms with Crippen molar-refractivity contribution in [3.8, 4) is 11.5 Å². The monoisotopic (exact) mass is 328 g/mol. The van der Waals surface area contributed by atoms with Crippen LogP contribution in [0.5, 0.6) is 11.5 Å². The molecule has 126 valence electrons. The first kappa shape index (κ1) is 16.1. The lowest BCUT2D eigenvalue weighted by Gasteiger charge is -2.16. The maximum absolute atomic E-state index is 12.5. The van der Waals surface area contributed by atoms with E-state index in [-0.39, 0.29) is 11.1 Å². The van der Waals surface area contributed by atoms with Gasteiger partial charge in [0.25, 0.3) is 11.5 Å². The van der Waals surface area contributed by atoms with Gasteiger partial charge >= 0.3 is 0 Å². The molecular weight excluding hydrogens is 308 g/mol. The number of methoxy groups -OCH3 is 2. The summed E-state index contributed by atoms with van der Waals surface area (Å²) in [5.41, 5.74) is 2.24. The molecule has 1 aliphatic rings. The lowest BCUT2D eigenvalue weighted by molar-refractivity contribution is 0.102. The first-order chi connectivity index (χ1) is 11.6. The van der Waals surface area contributed by atoms with Crippen LogP contribution in [0.25, 0.3) is 0 Å². The van der Waals surface area contributed by atoms with E-state index in [4.69, 9.17) is 9.47 Å². The van der Waals surface area contributed by atoms with E-state index in [0.29, 0.717) is 17.2 Å². The largest absolute Gasteiger partial charge is 0.497 e. The zero-order valence-corrected chi connectivity index (χ0v) is 13.8. The third-order valence-corrected chi connectivity index (χ3v) is 4.24. The number of aromatic nitrogens is 1. The predicted octanol–water partition coefficient (Wildman–Crippen LogP) is 2.52. The summed E-state index contributed by atoms with van der Waals surface area (Å²) < 4.78 is 10.4. The van der Waals surface area contributed by atoms with Gasteiger partial charge < -0.3 is 19.8 Å². The normalized spacial score (nSPS) is 13.1. The molecule has 0 spiro atoms. The van der Waals surface area contributed by atoms with E-state index in [1.54, 1.807) is 31.4 Å². The Bertz CT molecular complexity index is 826. The highest BCUT2D eigenvalue weighted by Crippen LogP contribution is 2.29. The van der Waals surface area contributed by atoms with Crippen LogP contribution < -0.4 is 20.3 Å². The number of aromatic amines is 1. The van der Waals surface area contributed by atoms with Gasteiger partial charge in [-0.2, -0.15) is 0 Å². The number of hydrogen-bond acceptors (Lipinski definition) is 4. The molecule has 1 amide bonds. The number of rotatable bonds is 4. The Kier molecular flexibility index (Phi) is 4.55. The second kappa shape index (κ2) is 6.78. The van der Waals surface area contributed by atoms with Crippen molar-refractivity contribution in [1.82, 2.24) is 4.98 Å². The highest BCUT2D eigenvalue weighted by molar-refractivity contribution is 6.05. The van der Waals surface area contributed by atoms with E-state index in [2.05, 4.69) is 10.3 Å². The second-order valence-electron chi connectivity index (χ2n) is 5.74. The fourth-order valence-corrected chi connectivity index (χ4v) is 2.93. The number of H-pyrrole nitrogens is 1. The Hall–Kier alpha value is -2.76. The van der Waals surface area contributed by atoms with Crippen LogP contribution in [0.2, 0.25) is 0 Å². The zero-order valence-electron chi connectivity index (χ0n) is 13.8. The van der Waals surface area contributed by atoms with Crippen molar-refractivity contribution >= 4 is 11.6 Å². The van der Waals surface area contributed by atoms with Crippen molar-refractivity contribution in [2.75, 3.05) is 19.5 Å². The molecule has 1 aromatic carbocycles. The summed E-state index contributed by atoms with van der Waals surface area (Å²) in [7, 11) is 3.07. The Morgan fingerprint density at radius 3 is 2.67 bits per heavy atom. The van der Waals surface area contributed by atoms with Crippen LogP contribution in [0.1, 0.15) is 34.5 Å². The van der Waals surface area contributed by atoms with E-state index in [1.165, 1.54) is 7.11 Å². The van der Waals surface area contributed by atoms with Gasteiger partial charge in [0.1, 0.15) is 17.1 Å². The van der Waals surface area contributed by atoms with E-state index in [1.807, 2.05) is 0 Å². The topological polar surface area (TPSA) is 80.4 Å². The minimum absolute atomic E-state index is 0.119. The van der Waals surface area contributed by atoms with Crippen LogP contribution in [-0.2, 0) is 12.8 Å². The maximum Gasteiger partial charge on any atom is 0.261 e. The van der Waals surface area contributed by atoms with Gasteiger partial charge in [0.05, 0.1) is 19.9 Å². The van der Waals surface area contributed by atoms with Crippen molar-refractivity contribution in [2.45, 2.75) is 25.7 Å². The second-order valence-corrected chi connectivity index (χ2v) is 5.74. The lowest BCUT2D eigenvalue weighted by Crippen LogP contribution is -2.26. The quantitative estimate of drug-likeness (QED) is 0.904. The van der Waals surface area contributed by atoms with Gasteiger partial charge in [-0.1, -0.05) is 0 Å². The molecule has 0 saturated carbocycles. The van der Waals surface area contributed by atoms with Gasteiger partial charge in [-0.3, -0.25) is 9.59 Å². The number of ether oxygens (including phenoxy) is 2. The summed E-state index contributed by atoms with van der Waals surface area (Å²) in [5.74, 6) is 0.640. The summed E-state index contributed by atoms with van der Waals surface area (Å²) in [4.78, 5) is 27.6. The number of carbonyl (C=O) groups excluding carboxylic acids is 1. The summed E-state index contributed by atoms with van der Waals surface area (Å²) in [6.45, 7) is 0. The molecule has 1 aliphatic carbocycles. The smallest absolute Gasteiger partial charge is 0.261 e. The summed E-state index contributed by atoms with van der Waals surface area (Å²) >= 11 is 0. The summed E-state index contributed by atoms with van der Waals surface area (Å²) in [6.07, 6.45) is 3.89. The Balaban J connectivity index is 1.89. The van der Waals surface area contributed by atoms with Crippen LogP contribution >= 0.6 is 0 Å². The highest BCUT2D eigenvalue weighted by Gasteiger charge is 2.18. The van der Waals surface area contributed by atoms with Gasteiger partial charge in [0, 0.05) is 11.8 Å². The fraction of sp³-hybridized carbons (Fsp3) is 0.333. The molecule has 2 aromatic rings. The van der Waals surface area contributed by atoms with Crippen LogP contribution in [0.3, 0.4) is 0 Å². The SMILES string of the molecule is COc1ccc(NC(=O)c2cc3c([nH]c2=O)CCCC3)c(OC)c1. The number of pyridine rings is 1. The van der Waals surface area contributed by atoms with E-state index >= 15 is 0 Å². The van der Waals surface area contributed by atoms with Crippen molar-refractivity contribution in [3.05, 3.63) is 51.4 Å². The third-order valence-electron chi connectivity index (χ3n) is 4.24. The molecule has 0 aliphatic heterocycles. The molecule has 0 radical (unpaired) electrons. The van der Waals surface area contributed by atoms with Gasteiger partial charge in [0.15, 0.2) is 0 Å². The molecule has 0 bridgehead atoms. The van der Waals surface area contributed by atoms with Gasteiger partial charge in [-0.25, -0.2) is 0 Å². The number of carbonyl (C=O) groups is 1. The summed E-state index contributed by atoms with van der Waals surface area (Å²) in [6, 6.07) is 6.78. The zero-order chi connectivity index (χ0) is 17.1. The Labute approximate surface area is 139 Å². The van der Waals surface area contributed by atoms with Crippen LogP contribution in [-0.4, -0.2) is 25.1 Å². The van der Waals surface area contributed by atoms with E-state index in [9.17, 15) is 9.59 Å². The van der Waals surface area contributed by atoms with Crippen molar-refractivity contribution in [3.63, 3.8) is 0 Å². The number of aryl methyl sites for hydroxylation is 2. The van der Waals surface area contributed by atoms with Crippen molar-refractivity contribution in [1.29, 1.82) is 0 Å². The third kappa shape index (κ3) is 3.13. The highest BCUT2D eigenvalue weighted by atomic mass is 16.5. The first-order valence-corrected chi connectivity index (χ1v) is 7.91. The molecule has 0 unspecified atom stereocenters. The van der Waals surface area contributed by atoms with Gasteiger partial charge in [-0.15, -0.1) is 0 Å². The average Bonchev–Trinajstić information content (AvgIpc) is 2.61. The molecule has 0 saturated heterocycles. The Morgan fingerprint density at radius 2 is 1.92 bits per heavy atom. The standard InChI is InChI=1S/C18H20N2O4/c1-23-12-7-8-15(16(10-12)24-2)20-18(22)13-9-11-5-3-4-6-14(11)19-17(13)21/h7-10H,3-6H2,1-2H3,(H,19,21)(H,20,22). The number of hydrogen-bond donors (Lipinski definition) is 2. The number of fused-ring (bicyclic) bond motifs is 1. The molecule has 0 fully saturated rings. The van der Waals surface area contributed by atoms with E-state index in [0.717, 1.165) is 36.9 Å². The molecule has 6 heteroatoms. The lowest BCUT2D eigenvalue weighted by atomic mass is 9.95.